The lowest BCUT2D eigenvalue weighted by Gasteiger charge is -2.24. The second-order valence-corrected chi connectivity index (χ2v) is 8.34. The van der Waals surface area contributed by atoms with Crippen molar-refractivity contribution >= 4 is 38.8 Å². The Morgan fingerprint density at radius 2 is 2.20 bits per heavy atom. The summed E-state index contributed by atoms with van der Waals surface area (Å²) in [5.41, 5.74) is 6.12. The molecule has 9 heteroatoms. The molecule has 0 radical (unpaired) electrons. The summed E-state index contributed by atoms with van der Waals surface area (Å²) in [5.74, 6) is -0.00811. The summed E-state index contributed by atoms with van der Waals surface area (Å²) in [6, 6.07) is 1.31. The molecule has 0 spiro atoms. The SMILES string of the molecule is Cc1cc(S(=O)(=O)N(CCC(N)=NO)C(C)C)sc1Cl. The molecule has 114 valence electrons. The van der Waals surface area contributed by atoms with Crippen molar-refractivity contribution in [3.8, 4) is 0 Å². The zero-order valence-electron chi connectivity index (χ0n) is 11.5. The standard InChI is InChI=1S/C11H18ClN3O3S2/c1-7(2)15(5-4-9(13)14-16)20(17,18)10-6-8(3)11(12)19-10/h6-7,16H,4-5H2,1-3H3,(H2,13,14). The number of nitrogens with two attached hydrogens (primary N) is 1. The van der Waals surface area contributed by atoms with Gasteiger partial charge in [0.05, 0.1) is 4.34 Å². The van der Waals surface area contributed by atoms with E-state index in [1.54, 1.807) is 26.8 Å². The van der Waals surface area contributed by atoms with Gasteiger partial charge in [0.2, 0.25) is 0 Å². The van der Waals surface area contributed by atoms with Gasteiger partial charge in [-0.05, 0) is 32.4 Å². The van der Waals surface area contributed by atoms with E-state index >= 15 is 0 Å². The fourth-order valence-electron chi connectivity index (χ4n) is 1.61. The second-order valence-electron chi connectivity index (χ2n) is 4.57. The predicted octanol–water partition coefficient (Wildman–Crippen LogP) is 2.25. The topological polar surface area (TPSA) is 96.0 Å². The highest BCUT2D eigenvalue weighted by atomic mass is 35.5. The third-order valence-electron chi connectivity index (χ3n) is 2.69. The Bertz CT molecular complexity index is 577. The maximum absolute atomic E-state index is 12.6. The largest absolute Gasteiger partial charge is 0.409 e. The van der Waals surface area contributed by atoms with Gasteiger partial charge < -0.3 is 10.9 Å². The molecule has 1 rings (SSSR count). The summed E-state index contributed by atoms with van der Waals surface area (Å²) in [6.45, 7) is 5.44. The highest BCUT2D eigenvalue weighted by molar-refractivity contribution is 7.91. The van der Waals surface area contributed by atoms with Gasteiger partial charge in [0.1, 0.15) is 10.0 Å². The number of sulfonamides is 1. The van der Waals surface area contributed by atoms with E-state index in [0.717, 1.165) is 16.9 Å². The number of aryl methyl sites for hydroxylation is 1. The first-order valence-electron chi connectivity index (χ1n) is 5.94. The molecule has 0 bridgehead atoms. The van der Waals surface area contributed by atoms with Crippen LogP contribution >= 0.6 is 22.9 Å². The van der Waals surface area contributed by atoms with Crippen LogP contribution < -0.4 is 5.73 Å². The molecule has 0 aliphatic carbocycles. The maximum atomic E-state index is 12.6. The van der Waals surface area contributed by atoms with Crippen molar-refractivity contribution in [1.29, 1.82) is 0 Å². The van der Waals surface area contributed by atoms with Gasteiger partial charge in [-0.1, -0.05) is 16.8 Å². The lowest BCUT2D eigenvalue weighted by molar-refractivity contribution is 0.313. The van der Waals surface area contributed by atoms with Gasteiger partial charge in [0.25, 0.3) is 10.0 Å². The third-order valence-corrected chi connectivity index (χ3v) is 6.77. The van der Waals surface area contributed by atoms with Gasteiger partial charge in [-0.25, -0.2) is 8.42 Å². The number of hydrogen-bond acceptors (Lipinski definition) is 5. The molecule has 0 saturated carbocycles. The Hall–Kier alpha value is -0.830. The molecular formula is C11H18ClN3O3S2. The number of hydrogen-bond donors (Lipinski definition) is 2. The van der Waals surface area contributed by atoms with Crippen molar-refractivity contribution in [1.82, 2.24) is 4.31 Å². The van der Waals surface area contributed by atoms with Gasteiger partial charge in [0.15, 0.2) is 0 Å². The van der Waals surface area contributed by atoms with Crippen LogP contribution in [-0.4, -0.2) is 36.4 Å². The van der Waals surface area contributed by atoms with Crippen molar-refractivity contribution < 1.29 is 13.6 Å². The zero-order chi connectivity index (χ0) is 15.5. The summed E-state index contributed by atoms with van der Waals surface area (Å²) < 4.78 is 27.1. The minimum Gasteiger partial charge on any atom is -0.409 e. The molecule has 0 fully saturated rings. The Labute approximate surface area is 127 Å². The number of halogens is 1. The van der Waals surface area contributed by atoms with Crippen molar-refractivity contribution in [2.75, 3.05) is 6.54 Å². The van der Waals surface area contributed by atoms with E-state index < -0.39 is 10.0 Å². The quantitative estimate of drug-likeness (QED) is 0.359. The van der Waals surface area contributed by atoms with Crippen molar-refractivity contribution in [3.05, 3.63) is 16.0 Å². The van der Waals surface area contributed by atoms with Crippen LogP contribution in [0.15, 0.2) is 15.4 Å². The molecular weight excluding hydrogens is 322 g/mol. The van der Waals surface area contributed by atoms with E-state index in [9.17, 15) is 8.42 Å². The number of oxime groups is 1. The molecule has 0 saturated heterocycles. The first-order valence-corrected chi connectivity index (χ1v) is 8.57. The second kappa shape index (κ2) is 6.75. The van der Waals surface area contributed by atoms with Gasteiger partial charge >= 0.3 is 0 Å². The minimum absolute atomic E-state index is 0.00811. The van der Waals surface area contributed by atoms with E-state index in [0.29, 0.717) is 4.34 Å². The first-order chi connectivity index (χ1) is 9.20. The van der Waals surface area contributed by atoms with Gasteiger partial charge in [-0.2, -0.15) is 4.31 Å². The van der Waals surface area contributed by atoms with Crippen molar-refractivity contribution in [2.45, 2.75) is 37.4 Å². The smallest absolute Gasteiger partial charge is 0.252 e. The number of rotatable bonds is 6. The molecule has 1 heterocycles. The molecule has 0 atom stereocenters. The number of amidine groups is 1. The minimum atomic E-state index is -3.63. The Kier molecular flexibility index (Phi) is 5.81. The monoisotopic (exact) mass is 339 g/mol. The fourth-order valence-corrected chi connectivity index (χ4v) is 5.08. The molecule has 0 unspecified atom stereocenters. The lowest BCUT2D eigenvalue weighted by atomic mass is 10.3. The molecule has 0 aliphatic rings. The summed E-state index contributed by atoms with van der Waals surface area (Å²) in [7, 11) is -3.63. The summed E-state index contributed by atoms with van der Waals surface area (Å²) in [5, 5.41) is 11.4. The average Bonchev–Trinajstić information content (AvgIpc) is 2.69. The predicted molar refractivity (Wildman–Crippen MR) is 81.1 cm³/mol. The van der Waals surface area contributed by atoms with Crippen molar-refractivity contribution in [3.63, 3.8) is 0 Å². The average molecular weight is 340 g/mol. The van der Waals surface area contributed by atoms with Crippen LogP contribution in [-0.2, 0) is 10.0 Å². The highest BCUT2D eigenvalue weighted by Gasteiger charge is 2.29. The van der Waals surface area contributed by atoms with E-state index in [1.807, 2.05) is 0 Å². The lowest BCUT2D eigenvalue weighted by Crippen LogP contribution is -2.38. The van der Waals surface area contributed by atoms with Crippen LogP contribution in [0.3, 0.4) is 0 Å². The van der Waals surface area contributed by atoms with Crippen LogP contribution in [0, 0.1) is 6.92 Å². The molecule has 1 aromatic heterocycles. The Morgan fingerprint density at radius 1 is 1.60 bits per heavy atom. The molecule has 0 aromatic carbocycles. The van der Waals surface area contributed by atoms with E-state index in [4.69, 9.17) is 22.5 Å². The van der Waals surface area contributed by atoms with Crippen molar-refractivity contribution in [2.24, 2.45) is 10.9 Å². The third kappa shape index (κ3) is 3.85. The van der Waals surface area contributed by atoms with Gasteiger partial charge in [0, 0.05) is 19.0 Å². The van der Waals surface area contributed by atoms with Gasteiger partial charge in [-0.15, -0.1) is 11.3 Å². The van der Waals surface area contributed by atoms with E-state index in [1.165, 1.54) is 4.31 Å². The van der Waals surface area contributed by atoms with Crippen LogP contribution in [0.2, 0.25) is 4.34 Å². The molecule has 0 amide bonds. The maximum Gasteiger partial charge on any atom is 0.252 e. The Balaban J connectivity index is 3.06. The van der Waals surface area contributed by atoms with Crippen LogP contribution in [0.5, 0.6) is 0 Å². The van der Waals surface area contributed by atoms with E-state index in [-0.39, 0.29) is 29.1 Å². The Morgan fingerprint density at radius 3 is 2.60 bits per heavy atom. The van der Waals surface area contributed by atoms with Gasteiger partial charge in [-0.3, -0.25) is 0 Å². The first kappa shape index (κ1) is 17.2. The molecule has 6 nitrogen and oxygen atoms in total. The molecule has 0 aliphatic heterocycles. The molecule has 1 aromatic rings. The van der Waals surface area contributed by atoms with Crippen LogP contribution in [0.1, 0.15) is 25.8 Å². The molecule has 20 heavy (non-hydrogen) atoms. The normalized spacial score (nSPS) is 13.4. The van der Waals surface area contributed by atoms with E-state index in [2.05, 4.69) is 5.16 Å². The number of nitrogens with zero attached hydrogens (tertiary/aromatic N) is 2. The summed E-state index contributed by atoms with van der Waals surface area (Å²) in [6.07, 6.45) is 0.159. The van der Waals surface area contributed by atoms with Crippen LogP contribution in [0.4, 0.5) is 0 Å². The fraction of sp³-hybridized carbons (Fsp3) is 0.545. The highest BCUT2D eigenvalue weighted by Crippen LogP contribution is 2.32. The summed E-state index contributed by atoms with van der Waals surface area (Å²) >= 11 is 6.97. The number of thiophene rings is 1. The zero-order valence-corrected chi connectivity index (χ0v) is 13.9. The summed E-state index contributed by atoms with van der Waals surface area (Å²) in [4.78, 5) is 0. The molecule has 3 N–H and O–H groups in total. The van der Waals surface area contributed by atoms with Crippen LogP contribution in [0.25, 0.3) is 0 Å².